The molecule has 0 aromatic carbocycles. The van der Waals surface area contributed by atoms with Crippen molar-refractivity contribution >= 4 is 13.7 Å². The molecule has 0 unspecified atom stereocenters. The normalized spacial score (nSPS) is 14.0. The van der Waals surface area contributed by atoms with Crippen LogP contribution in [0.2, 0.25) is 0 Å². The quantitative estimate of drug-likeness (QED) is 0.639. The number of rotatable bonds is 9. The number of alkyl carbamates (subject to hydrolysis) is 1. The Labute approximate surface area is 134 Å². The molecule has 1 N–H and O–H groups in total. The summed E-state index contributed by atoms with van der Waals surface area (Å²) in [5.74, 6) is 0.330. The second kappa shape index (κ2) is 9.53. The van der Waals surface area contributed by atoms with Gasteiger partial charge in [0.2, 0.25) is 0 Å². The summed E-state index contributed by atoms with van der Waals surface area (Å²) in [4.78, 5) is 11.9. The molecule has 0 fully saturated rings. The number of carbonyl (C=O) groups excluding carboxylic acids is 1. The molecule has 0 rings (SSSR count). The van der Waals surface area contributed by atoms with Gasteiger partial charge in [-0.15, -0.1) is 0 Å². The Morgan fingerprint density at radius 3 is 2.00 bits per heavy atom. The van der Waals surface area contributed by atoms with Crippen LogP contribution in [-0.2, 0) is 18.3 Å². The summed E-state index contributed by atoms with van der Waals surface area (Å²) < 4.78 is 28.5. The minimum atomic E-state index is -3.21. The fraction of sp³-hybridized carbons (Fsp3) is 0.933. The van der Waals surface area contributed by atoms with Gasteiger partial charge in [0, 0.05) is 6.04 Å². The van der Waals surface area contributed by atoms with Crippen molar-refractivity contribution in [3.8, 4) is 0 Å². The van der Waals surface area contributed by atoms with Crippen molar-refractivity contribution in [1.29, 1.82) is 0 Å². The van der Waals surface area contributed by atoms with Crippen LogP contribution in [-0.4, -0.2) is 37.1 Å². The molecule has 132 valence electrons. The van der Waals surface area contributed by atoms with Gasteiger partial charge in [-0.25, -0.2) is 4.79 Å². The van der Waals surface area contributed by atoms with E-state index in [0.717, 1.165) is 0 Å². The number of amides is 1. The van der Waals surface area contributed by atoms with Crippen molar-refractivity contribution in [2.75, 3.05) is 19.4 Å². The largest absolute Gasteiger partial charge is 0.444 e. The van der Waals surface area contributed by atoms with Crippen molar-refractivity contribution in [3.05, 3.63) is 0 Å². The second-order valence-electron chi connectivity index (χ2n) is 6.60. The lowest BCUT2D eigenvalue weighted by Gasteiger charge is -2.27. The van der Waals surface area contributed by atoms with Gasteiger partial charge in [0.25, 0.3) is 0 Å². The van der Waals surface area contributed by atoms with Crippen LogP contribution in [0, 0.1) is 5.92 Å². The molecular formula is C15H32NO5P. The summed E-state index contributed by atoms with van der Waals surface area (Å²) in [5.41, 5.74) is -0.573. The molecule has 0 spiro atoms. The summed E-state index contributed by atoms with van der Waals surface area (Å²) in [5, 5.41) is 2.78. The summed E-state index contributed by atoms with van der Waals surface area (Å²) in [6, 6.07) is -0.321. The molecule has 0 aliphatic heterocycles. The van der Waals surface area contributed by atoms with Crippen molar-refractivity contribution < 1.29 is 23.1 Å². The topological polar surface area (TPSA) is 73.9 Å². The SMILES string of the molecule is CCOP(=O)(C[C@H](CC(C)C)NC(=O)OC(C)(C)C)OCC. The van der Waals surface area contributed by atoms with Crippen LogP contribution in [0.3, 0.4) is 0 Å². The van der Waals surface area contributed by atoms with Gasteiger partial charge in [0.1, 0.15) is 5.60 Å². The smallest absolute Gasteiger partial charge is 0.407 e. The van der Waals surface area contributed by atoms with Crippen LogP contribution in [0.4, 0.5) is 4.79 Å². The van der Waals surface area contributed by atoms with Crippen molar-refractivity contribution in [2.45, 2.75) is 66.5 Å². The van der Waals surface area contributed by atoms with Crippen LogP contribution in [0.25, 0.3) is 0 Å². The Balaban J connectivity index is 4.89. The molecule has 1 atom stereocenters. The van der Waals surface area contributed by atoms with Gasteiger partial charge in [0.05, 0.1) is 19.4 Å². The molecule has 0 bridgehead atoms. The van der Waals surface area contributed by atoms with Crippen molar-refractivity contribution in [2.24, 2.45) is 5.92 Å². The first kappa shape index (κ1) is 21.4. The van der Waals surface area contributed by atoms with Crippen LogP contribution < -0.4 is 5.32 Å². The zero-order chi connectivity index (χ0) is 17.4. The predicted molar refractivity (Wildman–Crippen MR) is 88.3 cm³/mol. The third-order valence-corrected chi connectivity index (χ3v) is 4.76. The minimum absolute atomic E-state index is 0.145. The van der Waals surface area contributed by atoms with E-state index >= 15 is 0 Å². The van der Waals surface area contributed by atoms with Gasteiger partial charge in [0.15, 0.2) is 0 Å². The van der Waals surface area contributed by atoms with E-state index in [0.29, 0.717) is 25.6 Å². The number of hydrogen-bond acceptors (Lipinski definition) is 5. The first-order valence-corrected chi connectivity index (χ1v) is 9.61. The van der Waals surface area contributed by atoms with Gasteiger partial charge in [-0.3, -0.25) is 4.57 Å². The maximum Gasteiger partial charge on any atom is 0.407 e. The highest BCUT2D eigenvalue weighted by molar-refractivity contribution is 7.53. The lowest BCUT2D eigenvalue weighted by atomic mass is 10.1. The monoisotopic (exact) mass is 337 g/mol. The Morgan fingerprint density at radius 1 is 1.14 bits per heavy atom. The average molecular weight is 337 g/mol. The number of ether oxygens (including phenoxy) is 1. The Bertz CT molecular complexity index is 369. The molecule has 0 saturated heterocycles. The molecule has 7 heteroatoms. The zero-order valence-corrected chi connectivity index (χ0v) is 15.9. The van der Waals surface area contributed by atoms with E-state index in [9.17, 15) is 9.36 Å². The molecule has 0 radical (unpaired) electrons. The van der Waals surface area contributed by atoms with E-state index in [1.165, 1.54) is 0 Å². The van der Waals surface area contributed by atoms with Crippen LogP contribution in [0.1, 0.15) is 54.9 Å². The highest BCUT2D eigenvalue weighted by Crippen LogP contribution is 2.49. The summed E-state index contributed by atoms with van der Waals surface area (Å²) in [7, 11) is -3.21. The van der Waals surface area contributed by atoms with Gasteiger partial charge in [-0.05, 0) is 47.0 Å². The summed E-state index contributed by atoms with van der Waals surface area (Å²) in [6.45, 7) is 13.6. The molecule has 0 aliphatic rings. The lowest BCUT2D eigenvalue weighted by molar-refractivity contribution is 0.0503. The summed E-state index contributed by atoms with van der Waals surface area (Å²) in [6.07, 6.45) is 0.299. The van der Waals surface area contributed by atoms with Crippen molar-refractivity contribution in [1.82, 2.24) is 5.32 Å². The zero-order valence-electron chi connectivity index (χ0n) is 15.0. The number of carbonyl (C=O) groups is 1. The molecule has 0 aliphatic carbocycles. The third-order valence-electron chi connectivity index (χ3n) is 2.57. The van der Waals surface area contributed by atoms with E-state index in [1.807, 2.05) is 13.8 Å². The van der Waals surface area contributed by atoms with Gasteiger partial charge >= 0.3 is 13.7 Å². The number of hydrogen-bond donors (Lipinski definition) is 1. The van der Waals surface area contributed by atoms with E-state index in [-0.39, 0.29) is 12.2 Å². The van der Waals surface area contributed by atoms with E-state index in [1.54, 1.807) is 34.6 Å². The molecule has 0 aromatic heterocycles. The molecule has 0 heterocycles. The molecule has 22 heavy (non-hydrogen) atoms. The fourth-order valence-corrected chi connectivity index (χ4v) is 3.88. The van der Waals surface area contributed by atoms with E-state index < -0.39 is 19.3 Å². The van der Waals surface area contributed by atoms with Gasteiger partial charge in [-0.2, -0.15) is 0 Å². The maximum absolute atomic E-state index is 12.6. The average Bonchev–Trinajstić information content (AvgIpc) is 2.24. The third kappa shape index (κ3) is 10.2. The highest BCUT2D eigenvalue weighted by atomic mass is 31.2. The van der Waals surface area contributed by atoms with Gasteiger partial charge in [-0.1, -0.05) is 13.8 Å². The minimum Gasteiger partial charge on any atom is -0.444 e. The summed E-state index contributed by atoms with van der Waals surface area (Å²) >= 11 is 0. The standard InChI is InChI=1S/C15H32NO5P/c1-8-19-22(18,20-9-2)11-13(10-12(3)4)16-14(17)21-15(5,6)7/h12-13H,8-11H2,1-7H3,(H,16,17)/t13-/m0/s1. The molecule has 1 amide bonds. The molecule has 6 nitrogen and oxygen atoms in total. The van der Waals surface area contributed by atoms with E-state index in [4.69, 9.17) is 13.8 Å². The highest BCUT2D eigenvalue weighted by Gasteiger charge is 2.30. The Kier molecular flexibility index (Phi) is 9.28. The number of nitrogens with one attached hydrogen (secondary N) is 1. The van der Waals surface area contributed by atoms with Crippen molar-refractivity contribution in [3.63, 3.8) is 0 Å². The van der Waals surface area contributed by atoms with Crippen LogP contribution in [0.15, 0.2) is 0 Å². The predicted octanol–water partition coefficient (Wildman–Crippen LogP) is 4.19. The first-order chi connectivity index (χ1) is 10.0. The molecule has 0 saturated carbocycles. The molecular weight excluding hydrogens is 305 g/mol. The molecule has 0 aromatic rings. The maximum atomic E-state index is 12.6. The Hall–Kier alpha value is -0.580. The first-order valence-electron chi connectivity index (χ1n) is 7.89. The van der Waals surface area contributed by atoms with E-state index in [2.05, 4.69) is 5.32 Å². The fourth-order valence-electron chi connectivity index (χ4n) is 2.03. The Morgan fingerprint density at radius 2 is 1.64 bits per heavy atom. The van der Waals surface area contributed by atoms with Crippen LogP contribution in [0.5, 0.6) is 0 Å². The van der Waals surface area contributed by atoms with Gasteiger partial charge < -0.3 is 19.1 Å². The lowest BCUT2D eigenvalue weighted by Crippen LogP contribution is -2.41. The van der Waals surface area contributed by atoms with Crippen LogP contribution >= 0.6 is 7.60 Å². The second-order valence-corrected chi connectivity index (χ2v) is 8.71.